The normalized spacial score (nSPS) is 23.8. The van der Waals surface area contributed by atoms with Crippen molar-refractivity contribution in [3.63, 3.8) is 0 Å². The summed E-state index contributed by atoms with van der Waals surface area (Å²) in [6.45, 7) is 1.97. The minimum Gasteiger partial charge on any atom is -0.370 e. The average Bonchev–Trinajstić information content (AvgIpc) is 2.63. The minimum absolute atomic E-state index is 0.318. The molecule has 1 aromatic rings. The van der Waals surface area contributed by atoms with Crippen molar-refractivity contribution in [2.75, 3.05) is 25.5 Å². The summed E-state index contributed by atoms with van der Waals surface area (Å²) in [6.07, 6.45) is 6.81. The Morgan fingerprint density at radius 1 is 1.35 bits per heavy atom. The number of rotatable bonds is 1. The Bertz CT molecular complexity index is 510. The lowest BCUT2D eigenvalue weighted by Crippen LogP contribution is -2.31. The smallest absolute Gasteiger partial charge is 0.341 e. The summed E-state index contributed by atoms with van der Waals surface area (Å²) in [5.74, 6) is 0.823. The number of carbonyl (C=O) groups is 1. The number of piperidine rings is 1. The highest BCUT2D eigenvalue weighted by molar-refractivity contribution is 5.79. The molecule has 0 aromatic carbocycles. The monoisotopic (exact) mass is 277 g/mol. The second-order valence-corrected chi connectivity index (χ2v) is 5.84. The summed E-state index contributed by atoms with van der Waals surface area (Å²) in [6, 6.07) is -0.182. The maximum Gasteiger partial charge on any atom is 0.341 e. The molecule has 6 nitrogen and oxygen atoms in total. The van der Waals surface area contributed by atoms with E-state index in [1.165, 1.54) is 23.1 Å². The number of nitrogens with two attached hydrogens (primary N) is 1. The average molecular weight is 277 g/mol. The first-order chi connectivity index (χ1) is 9.68. The Labute approximate surface area is 119 Å². The lowest BCUT2D eigenvalue weighted by Gasteiger charge is -2.31. The molecule has 2 aliphatic heterocycles. The lowest BCUT2D eigenvalue weighted by molar-refractivity contribution is 0.182. The fourth-order valence-electron chi connectivity index (χ4n) is 3.38. The van der Waals surface area contributed by atoms with E-state index >= 15 is 0 Å². The molecular weight excluding hydrogens is 254 g/mol. The molecule has 3 N–H and O–H groups in total. The van der Waals surface area contributed by atoms with E-state index in [4.69, 9.17) is 5.73 Å². The highest BCUT2D eigenvalue weighted by Gasteiger charge is 2.30. The van der Waals surface area contributed by atoms with Gasteiger partial charge in [-0.3, -0.25) is 4.90 Å². The molecule has 0 aliphatic carbocycles. The van der Waals surface area contributed by atoms with Crippen molar-refractivity contribution in [3.8, 4) is 0 Å². The van der Waals surface area contributed by atoms with Crippen LogP contribution in [0.4, 0.5) is 10.6 Å². The summed E-state index contributed by atoms with van der Waals surface area (Å²) in [4.78, 5) is 14.0. The summed E-state index contributed by atoms with van der Waals surface area (Å²) in [5.41, 5.74) is 7.72. The second kappa shape index (κ2) is 5.44. The molecule has 0 spiro atoms. The van der Waals surface area contributed by atoms with Gasteiger partial charge in [-0.15, -0.1) is 0 Å². The maximum atomic E-state index is 11.6. The topological polar surface area (TPSA) is 76.2 Å². The predicted molar refractivity (Wildman–Crippen MR) is 77.9 cm³/mol. The molecule has 3 rings (SSSR count). The van der Waals surface area contributed by atoms with E-state index in [9.17, 15) is 4.79 Å². The summed E-state index contributed by atoms with van der Waals surface area (Å²) >= 11 is 0. The highest BCUT2D eigenvalue weighted by Crippen LogP contribution is 2.35. The second-order valence-electron chi connectivity index (χ2n) is 5.84. The number of carbonyl (C=O) groups excluding carboxylic acids is 1. The number of anilines is 1. The van der Waals surface area contributed by atoms with Gasteiger partial charge in [0.1, 0.15) is 5.82 Å². The number of aromatic nitrogens is 2. The zero-order valence-corrected chi connectivity index (χ0v) is 12.1. The number of fused-ring (bicyclic) bond motifs is 1. The Hall–Kier alpha value is -1.56. The van der Waals surface area contributed by atoms with Crippen LogP contribution >= 0.6 is 0 Å². The van der Waals surface area contributed by atoms with E-state index in [2.05, 4.69) is 22.4 Å². The van der Waals surface area contributed by atoms with Gasteiger partial charge >= 0.3 is 6.03 Å². The number of nitrogens with one attached hydrogen (secondary N) is 1. The third-order valence-corrected chi connectivity index (χ3v) is 4.46. The molecule has 1 saturated heterocycles. The van der Waals surface area contributed by atoms with Crippen LogP contribution in [0.2, 0.25) is 0 Å². The molecule has 110 valence electrons. The molecule has 0 bridgehead atoms. The van der Waals surface area contributed by atoms with Crippen LogP contribution in [0.5, 0.6) is 0 Å². The predicted octanol–water partition coefficient (Wildman–Crippen LogP) is 1.71. The van der Waals surface area contributed by atoms with E-state index in [-0.39, 0.29) is 0 Å². The van der Waals surface area contributed by atoms with Crippen molar-refractivity contribution >= 4 is 11.8 Å². The quantitative estimate of drug-likeness (QED) is 0.819. The molecule has 0 radical (unpaired) electrons. The fraction of sp³-hybridized carbons (Fsp3) is 0.714. The van der Waals surface area contributed by atoms with E-state index in [0.29, 0.717) is 6.04 Å². The van der Waals surface area contributed by atoms with Gasteiger partial charge in [-0.05, 0) is 45.7 Å². The van der Waals surface area contributed by atoms with Crippen LogP contribution in [-0.2, 0) is 6.42 Å². The van der Waals surface area contributed by atoms with Gasteiger partial charge in [0.15, 0.2) is 0 Å². The minimum atomic E-state index is -0.500. The van der Waals surface area contributed by atoms with Crippen molar-refractivity contribution < 1.29 is 4.79 Å². The van der Waals surface area contributed by atoms with Crippen molar-refractivity contribution in [1.82, 2.24) is 14.7 Å². The molecule has 1 amide bonds. The van der Waals surface area contributed by atoms with Crippen LogP contribution in [0.1, 0.15) is 49.4 Å². The van der Waals surface area contributed by atoms with Gasteiger partial charge in [-0.2, -0.15) is 9.78 Å². The van der Waals surface area contributed by atoms with E-state index < -0.39 is 6.03 Å². The van der Waals surface area contributed by atoms with Gasteiger partial charge < -0.3 is 11.1 Å². The number of primary amides is 1. The Kier molecular flexibility index (Phi) is 3.65. The van der Waals surface area contributed by atoms with Crippen LogP contribution in [0, 0.1) is 0 Å². The van der Waals surface area contributed by atoms with Crippen LogP contribution < -0.4 is 11.1 Å². The summed E-state index contributed by atoms with van der Waals surface area (Å²) in [7, 11) is 2.14. The van der Waals surface area contributed by atoms with Crippen molar-refractivity contribution in [2.24, 2.45) is 5.73 Å². The third-order valence-electron chi connectivity index (χ3n) is 4.46. The summed E-state index contributed by atoms with van der Waals surface area (Å²) in [5, 5.41) is 7.88. The lowest BCUT2D eigenvalue weighted by atomic mass is 9.96. The number of hydrogen-bond acceptors (Lipinski definition) is 4. The van der Waals surface area contributed by atoms with Gasteiger partial charge in [0.2, 0.25) is 0 Å². The SMILES string of the molecule is CN1CCCCC1c1nn(C(N)=O)c2c1CCCCN2. The van der Waals surface area contributed by atoms with Crippen LogP contribution in [0.3, 0.4) is 0 Å². The van der Waals surface area contributed by atoms with E-state index in [1.807, 2.05) is 0 Å². The Morgan fingerprint density at radius 2 is 2.20 bits per heavy atom. The fourth-order valence-corrected chi connectivity index (χ4v) is 3.38. The van der Waals surface area contributed by atoms with Gasteiger partial charge in [-0.1, -0.05) is 6.42 Å². The van der Waals surface area contributed by atoms with Crippen molar-refractivity contribution in [3.05, 3.63) is 11.3 Å². The van der Waals surface area contributed by atoms with Crippen LogP contribution in [0.25, 0.3) is 0 Å². The van der Waals surface area contributed by atoms with Crippen molar-refractivity contribution in [1.29, 1.82) is 0 Å². The largest absolute Gasteiger partial charge is 0.370 e. The number of likely N-dealkylation sites (tertiary alicyclic amines) is 1. The Morgan fingerprint density at radius 3 is 2.95 bits per heavy atom. The van der Waals surface area contributed by atoms with Gasteiger partial charge in [0.05, 0.1) is 11.7 Å². The van der Waals surface area contributed by atoms with Gasteiger partial charge in [0.25, 0.3) is 0 Å². The molecule has 1 unspecified atom stereocenters. The number of nitrogens with zero attached hydrogens (tertiary/aromatic N) is 3. The third kappa shape index (κ3) is 2.28. The van der Waals surface area contributed by atoms with E-state index in [1.54, 1.807) is 0 Å². The van der Waals surface area contributed by atoms with Gasteiger partial charge in [0, 0.05) is 12.1 Å². The van der Waals surface area contributed by atoms with Crippen LogP contribution in [0.15, 0.2) is 0 Å². The number of hydrogen-bond donors (Lipinski definition) is 2. The molecular formula is C14H23N5O. The van der Waals surface area contributed by atoms with E-state index in [0.717, 1.165) is 50.3 Å². The first-order valence-electron chi connectivity index (χ1n) is 7.54. The molecule has 1 aromatic heterocycles. The molecule has 2 aliphatic rings. The molecule has 1 fully saturated rings. The molecule has 6 heteroatoms. The molecule has 3 heterocycles. The zero-order valence-electron chi connectivity index (χ0n) is 12.1. The maximum absolute atomic E-state index is 11.6. The van der Waals surface area contributed by atoms with Gasteiger partial charge in [-0.25, -0.2) is 4.79 Å². The standard InChI is InChI=1S/C14H23N5O/c1-18-9-5-3-7-11(18)12-10-6-2-4-8-16-13(10)19(17-12)14(15)20/h11,16H,2-9H2,1H3,(H2,15,20). The number of amides is 1. The first-order valence-corrected chi connectivity index (χ1v) is 7.54. The zero-order chi connectivity index (χ0) is 14.1. The van der Waals surface area contributed by atoms with Crippen LogP contribution in [-0.4, -0.2) is 40.8 Å². The Balaban J connectivity index is 2.03. The van der Waals surface area contributed by atoms with Crippen molar-refractivity contribution in [2.45, 2.75) is 44.6 Å². The first kappa shape index (κ1) is 13.4. The molecule has 0 saturated carbocycles. The molecule has 20 heavy (non-hydrogen) atoms. The summed E-state index contributed by atoms with van der Waals surface area (Å²) < 4.78 is 1.36. The molecule has 1 atom stereocenters. The highest BCUT2D eigenvalue weighted by atomic mass is 16.2.